The fourth-order valence-electron chi connectivity index (χ4n) is 2.70. The summed E-state index contributed by atoms with van der Waals surface area (Å²) in [6.45, 7) is 6.43. The van der Waals surface area contributed by atoms with Gasteiger partial charge in [0.2, 0.25) is 0 Å². The monoisotopic (exact) mass is 248 g/mol. The van der Waals surface area contributed by atoms with E-state index in [2.05, 4.69) is 38.3 Å². The van der Waals surface area contributed by atoms with Gasteiger partial charge in [0.15, 0.2) is 0 Å². The highest BCUT2D eigenvalue weighted by Crippen LogP contribution is 2.40. The van der Waals surface area contributed by atoms with Crippen LogP contribution in [0.1, 0.15) is 41.1 Å². The van der Waals surface area contributed by atoms with E-state index in [1.54, 1.807) is 7.11 Å². The fourth-order valence-corrected chi connectivity index (χ4v) is 2.70. The van der Waals surface area contributed by atoms with Crippen LogP contribution in [-0.4, -0.2) is 13.2 Å². The molecular formula is C15H24N2O. The zero-order valence-corrected chi connectivity index (χ0v) is 11.8. The maximum atomic E-state index is 5.77. The molecule has 2 rings (SSSR count). The van der Waals surface area contributed by atoms with Crippen LogP contribution in [0, 0.1) is 26.7 Å². The first-order valence-electron chi connectivity index (χ1n) is 6.65. The zero-order chi connectivity index (χ0) is 13.3. The van der Waals surface area contributed by atoms with E-state index in [0.29, 0.717) is 5.92 Å². The van der Waals surface area contributed by atoms with Crippen LogP contribution in [0.25, 0.3) is 0 Å². The van der Waals surface area contributed by atoms with Gasteiger partial charge in [-0.2, -0.15) is 0 Å². The summed E-state index contributed by atoms with van der Waals surface area (Å²) >= 11 is 0. The van der Waals surface area contributed by atoms with E-state index in [4.69, 9.17) is 10.6 Å². The van der Waals surface area contributed by atoms with E-state index in [1.807, 2.05) is 0 Å². The van der Waals surface area contributed by atoms with Crippen molar-refractivity contribution in [3.63, 3.8) is 0 Å². The molecule has 2 unspecified atom stereocenters. The lowest BCUT2D eigenvalue weighted by Crippen LogP contribution is -2.39. The van der Waals surface area contributed by atoms with Crippen molar-refractivity contribution in [1.82, 2.24) is 5.43 Å². The molecule has 0 saturated heterocycles. The van der Waals surface area contributed by atoms with E-state index in [0.717, 1.165) is 0 Å². The number of methoxy groups -OCH3 is 1. The summed E-state index contributed by atoms with van der Waals surface area (Å²) < 4.78 is 5.66. The Morgan fingerprint density at radius 3 is 2.28 bits per heavy atom. The molecule has 18 heavy (non-hydrogen) atoms. The number of nitrogens with one attached hydrogen (secondary N) is 1. The molecule has 0 amide bonds. The van der Waals surface area contributed by atoms with Gasteiger partial charge in [0.05, 0.1) is 12.1 Å². The van der Waals surface area contributed by atoms with Crippen molar-refractivity contribution in [1.29, 1.82) is 0 Å². The summed E-state index contributed by atoms with van der Waals surface area (Å²) in [4.78, 5) is 0. The van der Waals surface area contributed by atoms with Crippen molar-refractivity contribution in [2.24, 2.45) is 11.8 Å². The van der Waals surface area contributed by atoms with Crippen LogP contribution in [0.2, 0.25) is 0 Å². The second-order valence-corrected chi connectivity index (χ2v) is 5.48. The van der Waals surface area contributed by atoms with Crippen molar-refractivity contribution in [3.05, 3.63) is 34.4 Å². The van der Waals surface area contributed by atoms with Crippen LogP contribution in [-0.2, 0) is 4.74 Å². The minimum absolute atomic E-state index is 0.0850. The molecule has 3 N–H and O–H groups in total. The van der Waals surface area contributed by atoms with Gasteiger partial charge in [-0.1, -0.05) is 12.1 Å². The van der Waals surface area contributed by atoms with Crippen molar-refractivity contribution < 1.29 is 4.74 Å². The van der Waals surface area contributed by atoms with Crippen LogP contribution < -0.4 is 11.3 Å². The van der Waals surface area contributed by atoms with E-state index in [-0.39, 0.29) is 12.1 Å². The van der Waals surface area contributed by atoms with Crippen molar-refractivity contribution >= 4 is 0 Å². The first-order chi connectivity index (χ1) is 8.58. The molecule has 0 aliphatic heterocycles. The summed E-state index contributed by atoms with van der Waals surface area (Å²) in [5.74, 6) is 6.42. The normalized spacial score (nSPS) is 18.7. The van der Waals surface area contributed by atoms with Crippen molar-refractivity contribution in [2.45, 2.75) is 45.8 Å². The fraction of sp³-hybridized carbons (Fsp3) is 0.600. The highest BCUT2D eigenvalue weighted by molar-refractivity contribution is 5.38. The third-order valence-electron chi connectivity index (χ3n) is 4.08. The second-order valence-electron chi connectivity index (χ2n) is 5.48. The molecule has 1 aromatic carbocycles. The Balaban J connectivity index is 2.34. The van der Waals surface area contributed by atoms with Gasteiger partial charge in [0.1, 0.15) is 0 Å². The number of hydrazine groups is 1. The van der Waals surface area contributed by atoms with Gasteiger partial charge in [-0.05, 0) is 61.8 Å². The van der Waals surface area contributed by atoms with Gasteiger partial charge in [-0.25, -0.2) is 0 Å². The Labute approximate surface area is 110 Å². The van der Waals surface area contributed by atoms with Gasteiger partial charge < -0.3 is 4.74 Å². The number of aryl methyl sites for hydroxylation is 3. The standard InChI is InChI=1S/C15H24N2O/c1-9-7-11(3)13(8-10(9)2)14(17-16)15(18-4)12-5-6-12/h7-8,12,14-15,17H,5-6,16H2,1-4H3. The molecule has 0 spiro atoms. The summed E-state index contributed by atoms with van der Waals surface area (Å²) in [6.07, 6.45) is 2.68. The van der Waals surface area contributed by atoms with Gasteiger partial charge in [0, 0.05) is 7.11 Å². The largest absolute Gasteiger partial charge is 0.379 e. The third kappa shape index (κ3) is 2.58. The van der Waals surface area contributed by atoms with Gasteiger partial charge >= 0.3 is 0 Å². The Bertz CT molecular complexity index is 427. The average molecular weight is 248 g/mol. The predicted octanol–water partition coefficient (Wildman–Crippen LogP) is 2.54. The Hall–Kier alpha value is -0.900. The number of nitrogens with two attached hydrogens (primary N) is 1. The molecule has 1 aliphatic carbocycles. The van der Waals surface area contributed by atoms with Gasteiger partial charge in [-0.15, -0.1) is 0 Å². The highest BCUT2D eigenvalue weighted by Gasteiger charge is 2.37. The summed E-state index contributed by atoms with van der Waals surface area (Å²) in [5, 5.41) is 0. The summed E-state index contributed by atoms with van der Waals surface area (Å²) in [7, 11) is 1.78. The van der Waals surface area contributed by atoms with E-state index in [9.17, 15) is 0 Å². The first kappa shape index (κ1) is 13.5. The quantitative estimate of drug-likeness (QED) is 0.622. The molecule has 0 radical (unpaired) electrons. The number of rotatable bonds is 5. The third-order valence-corrected chi connectivity index (χ3v) is 4.08. The van der Waals surface area contributed by atoms with E-state index >= 15 is 0 Å². The first-order valence-corrected chi connectivity index (χ1v) is 6.65. The maximum Gasteiger partial charge on any atom is 0.0807 e. The van der Waals surface area contributed by atoms with E-state index < -0.39 is 0 Å². The Morgan fingerprint density at radius 1 is 1.17 bits per heavy atom. The van der Waals surface area contributed by atoms with Crippen LogP contribution in [0.4, 0.5) is 0 Å². The van der Waals surface area contributed by atoms with Gasteiger partial charge in [0.25, 0.3) is 0 Å². The second kappa shape index (κ2) is 5.39. The van der Waals surface area contributed by atoms with Crippen molar-refractivity contribution in [2.75, 3.05) is 7.11 Å². The molecule has 100 valence electrons. The lowest BCUT2D eigenvalue weighted by atomic mass is 9.91. The number of hydrogen-bond acceptors (Lipinski definition) is 3. The molecule has 3 heteroatoms. The predicted molar refractivity (Wildman–Crippen MR) is 74.2 cm³/mol. The minimum Gasteiger partial charge on any atom is -0.379 e. The number of ether oxygens (including phenoxy) is 1. The maximum absolute atomic E-state index is 5.77. The lowest BCUT2D eigenvalue weighted by Gasteiger charge is -2.27. The smallest absolute Gasteiger partial charge is 0.0807 e. The van der Waals surface area contributed by atoms with Gasteiger partial charge in [-0.3, -0.25) is 11.3 Å². The molecule has 1 aromatic rings. The summed E-state index contributed by atoms with van der Waals surface area (Å²) in [5.41, 5.74) is 8.13. The molecule has 0 heterocycles. The Kier molecular flexibility index (Phi) is 4.05. The van der Waals surface area contributed by atoms with Crippen LogP contribution in [0.15, 0.2) is 12.1 Å². The molecule has 1 aliphatic rings. The zero-order valence-electron chi connectivity index (χ0n) is 11.8. The van der Waals surface area contributed by atoms with Crippen LogP contribution >= 0.6 is 0 Å². The van der Waals surface area contributed by atoms with Crippen molar-refractivity contribution in [3.8, 4) is 0 Å². The van der Waals surface area contributed by atoms with E-state index in [1.165, 1.54) is 35.1 Å². The molecule has 2 atom stereocenters. The number of benzene rings is 1. The molecule has 0 bridgehead atoms. The molecule has 1 saturated carbocycles. The topological polar surface area (TPSA) is 47.3 Å². The SMILES string of the molecule is COC(C1CC1)C(NN)c1cc(C)c(C)cc1C. The molecule has 0 aromatic heterocycles. The highest BCUT2D eigenvalue weighted by atomic mass is 16.5. The lowest BCUT2D eigenvalue weighted by molar-refractivity contribution is 0.0505. The summed E-state index contributed by atoms with van der Waals surface area (Å²) in [6, 6.07) is 4.56. The molecule has 1 fully saturated rings. The van der Waals surface area contributed by atoms with Crippen LogP contribution in [0.5, 0.6) is 0 Å². The minimum atomic E-state index is 0.0850. The average Bonchev–Trinajstić information content (AvgIpc) is 3.15. The molecular weight excluding hydrogens is 224 g/mol. The van der Waals surface area contributed by atoms with Crippen LogP contribution in [0.3, 0.4) is 0 Å². The Morgan fingerprint density at radius 2 is 1.78 bits per heavy atom. The number of hydrogen-bond donors (Lipinski definition) is 2. The molecule has 3 nitrogen and oxygen atoms in total.